The Balaban J connectivity index is 1.14. The number of halogens is 3. The van der Waals surface area contributed by atoms with Crippen LogP contribution in [0, 0.1) is 23.7 Å². The SMILES string of the molecule is C=C(C)c1ccc(C(=O)CCC2CCC(CC3CCCC(CC(=O)OCc4ccc(C(F)(F)F)cc4)CC3)CC2)cc1N=C(C)C. The third kappa shape index (κ3) is 10.9. The van der Waals surface area contributed by atoms with E-state index in [4.69, 9.17) is 4.74 Å². The largest absolute Gasteiger partial charge is 0.461 e. The summed E-state index contributed by atoms with van der Waals surface area (Å²) in [6, 6.07) is 10.6. The van der Waals surface area contributed by atoms with Crippen molar-refractivity contribution in [2.45, 2.75) is 117 Å². The van der Waals surface area contributed by atoms with E-state index in [0.29, 0.717) is 36.2 Å². The first-order chi connectivity index (χ1) is 21.9. The van der Waals surface area contributed by atoms with Crippen molar-refractivity contribution in [3.8, 4) is 0 Å². The molecule has 2 unspecified atom stereocenters. The predicted molar refractivity (Wildman–Crippen MR) is 179 cm³/mol. The van der Waals surface area contributed by atoms with Crippen LogP contribution < -0.4 is 0 Å². The first-order valence-corrected chi connectivity index (χ1v) is 17.0. The van der Waals surface area contributed by atoms with Crippen LogP contribution in [-0.2, 0) is 22.3 Å². The third-order valence-corrected chi connectivity index (χ3v) is 9.88. The molecule has 2 aliphatic rings. The van der Waals surface area contributed by atoms with Crippen LogP contribution in [0.5, 0.6) is 0 Å². The highest BCUT2D eigenvalue weighted by Crippen LogP contribution is 2.39. The number of carbonyl (C=O) groups excluding carboxylic acids is 2. The van der Waals surface area contributed by atoms with Crippen LogP contribution in [0.2, 0.25) is 0 Å². The Morgan fingerprint density at radius 1 is 0.848 bits per heavy atom. The molecule has 250 valence electrons. The molecule has 0 aromatic heterocycles. The van der Waals surface area contributed by atoms with E-state index in [1.54, 1.807) is 0 Å². The number of aliphatic imine (C=N–C) groups is 1. The standard InChI is InChI=1S/C39H50F3NO3/c1-26(2)35-20-17-33(24-36(35)43-27(3)4)37(44)21-16-28-8-10-31(11-9-28)22-29-6-5-7-30(13-12-29)23-38(45)46-25-32-14-18-34(19-15-32)39(40,41)42/h14-15,17-20,24,28-31H,1,5-13,16,21-23,25H2,2-4H3. The van der Waals surface area contributed by atoms with E-state index >= 15 is 0 Å². The third-order valence-electron chi connectivity index (χ3n) is 9.88. The van der Waals surface area contributed by atoms with Gasteiger partial charge >= 0.3 is 12.1 Å². The van der Waals surface area contributed by atoms with E-state index in [0.717, 1.165) is 78.3 Å². The Hall–Kier alpha value is -3.22. The molecule has 0 heterocycles. The van der Waals surface area contributed by atoms with Crippen LogP contribution >= 0.6 is 0 Å². The van der Waals surface area contributed by atoms with Crippen LogP contribution in [0.3, 0.4) is 0 Å². The lowest BCUT2D eigenvalue weighted by Gasteiger charge is -2.31. The van der Waals surface area contributed by atoms with E-state index in [2.05, 4.69) is 11.6 Å². The van der Waals surface area contributed by atoms with Gasteiger partial charge in [-0.25, -0.2) is 0 Å². The van der Waals surface area contributed by atoms with Gasteiger partial charge in [0.1, 0.15) is 6.61 Å². The molecular formula is C39H50F3NO3. The molecule has 0 aliphatic heterocycles. The van der Waals surface area contributed by atoms with Crippen LogP contribution in [0.25, 0.3) is 5.57 Å². The smallest absolute Gasteiger partial charge is 0.416 e. The van der Waals surface area contributed by atoms with Crippen molar-refractivity contribution in [2.75, 3.05) is 0 Å². The number of Topliss-reactive ketones (excluding diaryl/α,β-unsaturated/α-hetero) is 1. The lowest BCUT2D eigenvalue weighted by molar-refractivity contribution is -0.146. The van der Waals surface area contributed by atoms with Gasteiger partial charge in [-0.05, 0) is 99.5 Å². The van der Waals surface area contributed by atoms with E-state index in [-0.39, 0.29) is 18.4 Å². The fourth-order valence-electron chi connectivity index (χ4n) is 7.25. The summed E-state index contributed by atoms with van der Waals surface area (Å²) in [5, 5.41) is 0. The maximum Gasteiger partial charge on any atom is 0.416 e. The van der Waals surface area contributed by atoms with Gasteiger partial charge in [0.15, 0.2) is 5.78 Å². The lowest BCUT2D eigenvalue weighted by Crippen LogP contribution is -2.18. The second-order valence-corrected chi connectivity index (χ2v) is 14.0. The summed E-state index contributed by atoms with van der Waals surface area (Å²) in [6.07, 6.45) is 9.14. The maximum absolute atomic E-state index is 13.1. The first kappa shape index (κ1) is 35.6. The molecule has 2 aromatic rings. The quantitative estimate of drug-likeness (QED) is 0.101. The van der Waals surface area contributed by atoms with Gasteiger partial charge in [-0.15, -0.1) is 0 Å². The summed E-state index contributed by atoms with van der Waals surface area (Å²) in [5.74, 6) is 2.28. The van der Waals surface area contributed by atoms with Crippen molar-refractivity contribution >= 4 is 28.7 Å². The average molecular weight is 638 g/mol. The van der Waals surface area contributed by atoms with Crippen molar-refractivity contribution in [1.82, 2.24) is 0 Å². The second-order valence-electron chi connectivity index (χ2n) is 14.0. The fourth-order valence-corrected chi connectivity index (χ4v) is 7.25. The highest BCUT2D eigenvalue weighted by molar-refractivity contribution is 5.98. The summed E-state index contributed by atoms with van der Waals surface area (Å²) < 4.78 is 43.7. The molecule has 2 aliphatic carbocycles. The molecule has 4 rings (SSSR count). The molecule has 7 heteroatoms. The molecule has 2 saturated carbocycles. The number of esters is 1. The molecule has 2 aromatic carbocycles. The van der Waals surface area contributed by atoms with Crippen molar-refractivity contribution in [1.29, 1.82) is 0 Å². The molecule has 2 atom stereocenters. The normalized spacial score (nSPS) is 22.0. The summed E-state index contributed by atoms with van der Waals surface area (Å²) in [7, 11) is 0. The number of nitrogens with zero attached hydrogens (tertiary/aromatic N) is 1. The number of ether oxygens (including phenoxy) is 1. The number of carbonyl (C=O) groups is 2. The van der Waals surface area contributed by atoms with Crippen molar-refractivity contribution in [2.24, 2.45) is 28.7 Å². The average Bonchev–Trinajstić information content (AvgIpc) is 3.23. The fraction of sp³-hybridized carbons (Fsp3) is 0.564. The zero-order chi connectivity index (χ0) is 33.3. The Morgan fingerprint density at radius 2 is 1.46 bits per heavy atom. The highest BCUT2D eigenvalue weighted by Gasteiger charge is 2.30. The van der Waals surface area contributed by atoms with Crippen LogP contribution in [0.4, 0.5) is 18.9 Å². The summed E-state index contributed by atoms with van der Waals surface area (Å²) in [6.45, 7) is 9.93. The van der Waals surface area contributed by atoms with Gasteiger partial charge in [-0.1, -0.05) is 75.8 Å². The topological polar surface area (TPSA) is 55.7 Å². The minimum absolute atomic E-state index is 0.000383. The Labute approximate surface area is 272 Å². The zero-order valence-corrected chi connectivity index (χ0v) is 27.8. The van der Waals surface area contributed by atoms with Crippen molar-refractivity contribution in [3.05, 3.63) is 71.3 Å². The van der Waals surface area contributed by atoms with E-state index < -0.39 is 11.7 Å². The van der Waals surface area contributed by atoms with Gasteiger partial charge in [0, 0.05) is 29.7 Å². The number of benzene rings is 2. The molecule has 0 spiro atoms. The number of alkyl halides is 3. The molecular weight excluding hydrogens is 587 g/mol. The van der Waals surface area contributed by atoms with E-state index in [1.807, 2.05) is 39.0 Å². The zero-order valence-electron chi connectivity index (χ0n) is 27.8. The Bertz CT molecular complexity index is 1370. The number of hydrogen-bond donors (Lipinski definition) is 0. The Morgan fingerprint density at radius 3 is 2.09 bits per heavy atom. The van der Waals surface area contributed by atoms with E-state index in [1.165, 1.54) is 50.7 Å². The minimum atomic E-state index is -4.37. The Kier molecular flexibility index (Phi) is 12.8. The molecule has 4 nitrogen and oxygen atoms in total. The monoisotopic (exact) mass is 637 g/mol. The van der Waals surface area contributed by atoms with Gasteiger partial charge in [-0.2, -0.15) is 13.2 Å². The maximum atomic E-state index is 13.1. The minimum Gasteiger partial charge on any atom is -0.461 e. The summed E-state index contributed by atoms with van der Waals surface area (Å²) >= 11 is 0. The summed E-state index contributed by atoms with van der Waals surface area (Å²) in [4.78, 5) is 30.2. The van der Waals surface area contributed by atoms with Crippen LogP contribution in [-0.4, -0.2) is 17.5 Å². The molecule has 0 saturated heterocycles. The molecule has 0 amide bonds. The van der Waals surface area contributed by atoms with Gasteiger partial charge in [0.25, 0.3) is 0 Å². The lowest BCUT2D eigenvalue weighted by atomic mass is 9.75. The van der Waals surface area contributed by atoms with Gasteiger partial charge < -0.3 is 4.74 Å². The highest BCUT2D eigenvalue weighted by atomic mass is 19.4. The predicted octanol–water partition coefficient (Wildman–Crippen LogP) is 11.3. The molecule has 2 fully saturated rings. The molecule has 0 N–H and O–H groups in total. The van der Waals surface area contributed by atoms with Gasteiger partial charge in [0.05, 0.1) is 11.3 Å². The number of rotatable bonds is 12. The van der Waals surface area contributed by atoms with Crippen LogP contribution in [0.15, 0.2) is 54.0 Å². The first-order valence-electron chi connectivity index (χ1n) is 17.0. The second kappa shape index (κ2) is 16.6. The summed E-state index contributed by atoms with van der Waals surface area (Å²) in [5.41, 5.74) is 4.28. The molecule has 0 radical (unpaired) electrons. The number of allylic oxidation sites excluding steroid dienone is 1. The molecule has 0 bridgehead atoms. The van der Waals surface area contributed by atoms with Crippen LogP contribution in [0.1, 0.15) is 131 Å². The van der Waals surface area contributed by atoms with E-state index in [9.17, 15) is 22.8 Å². The molecule has 46 heavy (non-hydrogen) atoms. The van der Waals surface area contributed by atoms with Gasteiger partial charge in [0.2, 0.25) is 0 Å². The van der Waals surface area contributed by atoms with Crippen molar-refractivity contribution < 1.29 is 27.5 Å². The number of hydrogen-bond acceptors (Lipinski definition) is 4. The number of ketones is 1. The van der Waals surface area contributed by atoms with Crippen molar-refractivity contribution in [3.63, 3.8) is 0 Å². The van der Waals surface area contributed by atoms with Gasteiger partial charge in [-0.3, -0.25) is 14.6 Å².